The van der Waals surface area contributed by atoms with Crippen LogP contribution in [0.5, 0.6) is 0 Å². The zero-order chi connectivity index (χ0) is 17.6. The van der Waals surface area contributed by atoms with Gasteiger partial charge < -0.3 is 9.80 Å². The first-order chi connectivity index (χ1) is 12.1. The molecule has 0 unspecified atom stereocenters. The van der Waals surface area contributed by atoms with E-state index in [2.05, 4.69) is 41.1 Å². The second-order valence-corrected chi connectivity index (χ2v) is 7.77. The molecular weight excluding hydrogens is 310 g/mol. The second-order valence-electron chi connectivity index (χ2n) is 7.77. The molecule has 0 N–H and O–H groups in total. The van der Waals surface area contributed by atoms with Crippen molar-refractivity contribution in [3.05, 3.63) is 35.4 Å². The fourth-order valence-corrected chi connectivity index (χ4v) is 4.19. The van der Waals surface area contributed by atoms with Crippen molar-refractivity contribution in [2.75, 3.05) is 40.3 Å². The fraction of sp³-hybridized carbons (Fsp3) is 0.667. The van der Waals surface area contributed by atoms with E-state index in [1.807, 2.05) is 11.9 Å². The van der Waals surface area contributed by atoms with Crippen LogP contribution in [0.3, 0.4) is 0 Å². The molecule has 1 saturated heterocycles. The number of fused-ring (bicyclic) bond motifs is 1. The molecule has 1 atom stereocenters. The van der Waals surface area contributed by atoms with Crippen molar-refractivity contribution in [2.24, 2.45) is 0 Å². The Hall–Kier alpha value is -1.39. The molecule has 1 aromatic rings. The van der Waals surface area contributed by atoms with Crippen molar-refractivity contribution in [3.8, 4) is 0 Å². The van der Waals surface area contributed by atoms with Crippen molar-refractivity contribution in [2.45, 2.75) is 51.1 Å². The molecule has 0 spiro atoms. The zero-order valence-corrected chi connectivity index (χ0v) is 15.9. The first-order valence-corrected chi connectivity index (χ1v) is 9.89. The van der Waals surface area contributed by atoms with Crippen LogP contribution < -0.4 is 0 Å². The van der Waals surface area contributed by atoms with Gasteiger partial charge in [0.2, 0.25) is 5.91 Å². The van der Waals surface area contributed by atoms with Gasteiger partial charge in [-0.25, -0.2) is 0 Å². The van der Waals surface area contributed by atoms with Crippen molar-refractivity contribution >= 4 is 5.91 Å². The summed E-state index contributed by atoms with van der Waals surface area (Å²) in [5.74, 6) is 0.271. The standard InChI is InChI=1S/C21H33N3O/c1-22(12-9-15-24-13-7-3-4-8-14-24)21(25)20-16-18-10-5-6-11-19(18)17-23(20)2/h5-6,10-11,20H,3-4,7-9,12-17H2,1-2H3/t20-/m1/s1. The number of benzene rings is 1. The summed E-state index contributed by atoms with van der Waals surface area (Å²) in [5, 5.41) is 0. The summed E-state index contributed by atoms with van der Waals surface area (Å²) in [6.07, 6.45) is 7.34. The van der Waals surface area contributed by atoms with Gasteiger partial charge in [-0.2, -0.15) is 0 Å². The number of amides is 1. The van der Waals surface area contributed by atoms with Gasteiger partial charge in [0.25, 0.3) is 0 Å². The van der Waals surface area contributed by atoms with Crippen LogP contribution in [-0.2, 0) is 17.8 Å². The van der Waals surface area contributed by atoms with E-state index < -0.39 is 0 Å². The summed E-state index contributed by atoms with van der Waals surface area (Å²) >= 11 is 0. The van der Waals surface area contributed by atoms with Crippen LogP contribution in [0.2, 0.25) is 0 Å². The number of carbonyl (C=O) groups is 1. The Kier molecular flexibility index (Phi) is 6.49. The maximum absolute atomic E-state index is 12.9. The van der Waals surface area contributed by atoms with Crippen molar-refractivity contribution in [3.63, 3.8) is 0 Å². The lowest BCUT2D eigenvalue weighted by Crippen LogP contribution is -2.49. The maximum Gasteiger partial charge on any atom is 0.240 e. The summed E-state index contributed by atoms with van der Waals surface area (Å²) in [4.78, 5) is 19.7. The average molecular weight is 344 g/mol. The molecule has 2 heterocycles. The molecule has 1 aromatic carbocycles. The predicted molar refractivity (Wildman–Crippen MR) is 103 cm³/mol. The summed E-state index contributed by atoms with van der Waals surface area (Å²) in [7, 11) is 4.04. The van der Waals surface area contributed by atoms with Gasteiger partial charge in [-0.05, 0) is 63.5 Å². The summed E-state index contributed by atoms with van der Waals surface area (Å²) in [6.45, 7) is 5.33. The lowest BCUT2D eigenvalue weighted by Gasteiger charge is -2.35. The van der Waals surface area contributed by atoms with Crippen LogP contribution >= 0.6 is 0 Å². The molecule has 2 aliphatic rings. The molecule has 4 nitrogen and oxygen atoms in total. The zero-order valence-electron chi connectivity index (χ0n) is 15.9. The van der Waals surface area contributed by atoms with E-state index in [1.165, 1.54) is 49.9 Å². The topological polar surface area (TPSA) is 26.8 Å². The molecule has 25 heavy (non-hydrogen) atoms. The van der Waals surface area contributed by atoms with Crippen LogP contribution in [0.1, 0.15) is 43.2 Å². The molecule has 1 amide bonds. The summed E-state index contributed by atoms with van der Waals surface area (Å²) < 4.78 is 0. The summed E-state index contributed by atoms with van der Waals surface area (Å²) in [6, 6.07) is 8.50. The Morgan fingerprint density at radius 1 is 1.12 bits per heavy atom. The Balaban J connectivity index is 1.48. The lowest BCUT2D eigenvalue weighted by atomic mass is 9.94. The van der Waals surface area contributed by atoms with Gasteiger partial charge in [0.15, 0.2) is 0 Å². The number of hydrogen-bond donors (Lipinski definition) is 0. The first-order valence-electron chi connectivity index (χ1n) is 9.89. The molecule has 0 aliphatic carbocycles. The minimum atomic E-state index is -0.0157. The molecule has 138 valence electrons. The Morgan fingerprint density at radius 3 is 2.52 bits per heavy atom. The molecule has 2 aliphatic heterocycles. The number of rotatable bonds is 5. The van der Waals surface area contributed by atoms with Gasteiger partial charge in [-0.15, -0.1) is 0 Å². The van der Waals surface area contributed by atoms with Crippen molar-refractivity contribution in [1.82, 2.24) is 14.7 Å². The van der Waals surface area contributed by atoms with Crippen LogP contribution in [-0.4, -0.2) is 66.9 Å². The summed E-state index contributed by atoms with van der Waals surface area (Å²) in [5.41, 5.74) is 2.69. The van der Waals surface area contributed by atoms with Gasteiger partial charge in [0.05, 0.1) is 6.04 Å². The number of carbonyl (C=O) groups excluding carboxylic acids is 1. The van der Waals surface area contributed by atoms with Gasteiger partial charge >= 0.3 is 0 Å². The molecule has 0 radical (unpaired) electrons. The predicted octanol–water partition coefficient (Wildman–Crippen LogP) is 2.77. The molecule has 1 fully saturated rings. The largest absolute Gasteiger partial charge is 0.344 e. The number of nitrogens with zero attached hydrogens (tertiary/aromatic N) is 3. The fourth-order valence-electron chi connectivity index (χ4n) is 4.19. The van der Waals surface area contributed by atoms with E-state index in [0.29, 0.717) is 0 Å². The van der Waals surface area contributed by atoms with Crippen LogP contribution in [0, 0.1) is 0 Å². The highest BCUT2D eigenvalue weighted by molar-refractivity contribution is 5.82. The molecule has 0 bridgehead atoms. The highest BCUT2D eigenvalue weighted by Gasteiger charge is 2.30. The third-order valence-corrected chi connectivity index (χ3v) is 5.81. The van der Waals surface area contributed by atoms with E-state index in [4.69, 9.17) is 0 Å². The normalized spacial score (nSPS) is 22.2. The molecule has 4 heteroatoms. The number of hydrogen-bond acceptors (Lipinski definition) is 3. The highest BCUT2D eigenvalue weighted by atomic mass is 16.2. The monoisotopic (exact) mass is 343 g/mol. The molecule has 0 aromatic heterocycles. The van der Waals surface area contributed by atoms with Gasteiger partial charge in [-0.3, -0.25) is 9.69 Å². The van der Waals surface area contributed by atoms with Gasteiger partial charge in [0.1, 0.15) is 0 Å². The van der Waals surface area contributed by atoms with E-state index in [0.717, 1.165) is 32.5 Å². The molecular formula is C21H33N3O. The second kappa shape index (κ2) is 8.81. The van der Waals surface area contributed by atoms with Gasteiger partial charge in [0, 0.05) is 20.1 Å². The maximum atomic E-state index is 12.9. The van der Waals surface area contributed by atoms with Crippen LogP contribution in [0.25, 0.3) is 0 Å². The van der Waals surface area contributed by atoms with Crippen molar-refractivity contribution < 1.29 is 4.79 Å². The smallest absolute Gasteiger partial charge is 0.240 e. The van der Waals surface area contributed by atoms with Crippen molar-refractivity contribution in [1.29, 1.82) is 0 Å². The first kappa shape index (κ1) is 18.4. The van der Waals surface area contributed by atoms with E-state index in [1.54, 1.807) is 0 Å². The number of likely N-dealkylation sites (N-methyl/N-ethyl adjacent to an activating group) is 2. The van der Waals surface area contributed by atoms with E-state index >= 15 is 0 Å². The third-order valence-electron chi connectivity index (χ3n) is 5.81. The quantitative estimate of drug-likeness (QED) is 0.822. The van der Waals surface area contributed by atoms with Gasteiger partial charge in [-0.1, -0.05) is 37.1 Å². The molecule has 0 saturated carbocycles. The SMILES string of the molecule is CN(CCCN1CCCCCC1)C(=O)[C@H]1Cc2ccccc2CN1C. The van der Waals surface area contributed by atoms with Crippen LogP contribution in [0.15, 0.2) is 24.3 Å². The average Bonchev–Trinajstić information content (AvgIpc) is 2.89. The Labute approximate surface area is 152 Å². The highest BCUT2D eigenvalue weighted by Crippen LogP contribution is 2.23. The minimum absolute atomic E-state index is 0.0157. The third kappa shape index (κ3) is 4.83. The minimum Gasteiger partial charge on any atom is -0.344 e. The van der Waals surface area contributed by atoms with E-state index in [9.17, 15) is 4.79 Å². The van der Waals surface area contributed by atoms with E-state index in [-0.39, 0.29) is 11.9 Å². The molecule has 3 rings (SSSR count). The van der Waals surface area contributed by atoms with Crippen LogP contribution in [0.4, 0.5) is 0 Å². The lowest BCUT2D eigenvalue weighted by molar-refractivity contribution is -0.135. The number of likely N-dealkylation sites (tertiary alicyclic amines) is 1. The Bertz CT molecular complexity index is 566. The Morgan fingerprint density at radius 2 is 1.80 bits per heavy atom.